The van der Waals surface area contributed by atoms with E-state index in [1.807, 2.05) is 12.1 Å². The van der Waals surface area contributed by atoms with Gasteiger partial charge in [0.05, 0.1) is 20.8 Å². The molecule has 0 aliphatic rings. The van der Waals surface area contributed by atoms with Crippen LogP contribution in [-0.2, 0) is 20.7 Å². The topological polar surface area (TPSA) is 94.1 Å². The molecule has 7 heteroatoms. The number of carboxylic acid groups (broad SMARTS) is 1. The Bertz CT molecular complexity index is 531. The van der Waals surface area contributed by atoms with Gasteiger partial charge in [0, 0.05) is 19.6 Å². The molecule has 2 N–H and O–H groups in total. The quantitative estimate of drug-likeness (QED) is 0.672. The van der Waals surface area contributed by atoms with Gasteiger partial charge in [-0.05, 0) is 24.5 Å². The van der Waals surface area contributed by atoms with E-state index >= 15 is 0 Å². The number of aryl methyl sites for hydroxylation is 1. The molecule has 0 radical (unpaired) electrons. The lowest BCUT2D eigenvalue weighted by Crippen LogP contribution is -2.43. The Morgan fingerprint density at radius 2 is 1.96 bits per heavy atom. The van der Waals surface area contributed by atoms with Gasteiger partial charge >= 0.3 is 5.97 Å². The monoisotopic (exact) mass is 325 g/mol. The average Bonchev–Trinajstić information content (AvgIpc) is 2.54. The molecule has 0 fully saturated rings. The van der Waals surface area contributed by atoms with Crippen molar-refractivity contribution in [3.8, 4) is 11.5 Å². The molecule has 0 saturated heterocycles. The summed E-state index contributed by atoms with van der Waals surface area (Å²) in [4.78, 5) is 22.7. The second-order valence-corrected chi connectivity index (χ2v) is 4.95. The van der Waals surface area contributed by atoms with Crippen molar-refractivity contribution in [2.45, 2.75) is 25.3 Å². The first kappa shape index (κ1) is 18.8. The van der Waals surface area contributed by atoms with Crippen molar-refractivity contribution in [3.63, 3.8) is 0 Å². The standard InChI is InChI=1S/C16H23NO6/c1-21-10-13(16(19)20)17-15(18)6-4-5-11-7-8-12(22-2)9-14(11)23-3/h7-9,13H,4-6,10H2,1-3H3,(H,17,18)(H,19,20). The van der Waals surface area contributed by atoms with Crippen molar-refractivity contribution >= 4 is 11.9 Å². The Labute approximate surface area is 135 Å². The van der Waals surface area contributed by atoms with Gasteiger partial charge in [0.2, 0.25) is 5.91 Å². The minimum atomic E-state index is -1.11. The summed E-state index contributed by atoms with van der Waals surface area (Å²) >= 11 is 0. The van der Waals surface area contributed by atoms with Crippen LogP contribution in [0, 0.1) is 0 Å². The highest BCUT2D eigenvalue weighted by atomic mass is 16.5. The summed E-state index contributed by atoms with van der Waals surface area (Å²) in [5.41, 5.74) is 0.966. The number of benzene rings is 1. The van der Waals surface area contributed by atoms with Gasteiger partial charge in [-0.1, -0.05) is 6.07 Å². The second kappa shape index (κ2) is 9.68. The summed E-state index contributed by atoms with van der Waals surface area (Å²) in [5.74, 6) is -0.0290. The number of methoxy groups -OCH3 is 3. The third-order valence-electron chi connectivity index (χ3n) is 3.31. The zero-order chi connectivity index (χ0) is 17.2. The predicted molar refractivity (Wildman–Crippen MR) is 83.9 cm³/mol. The maximum Gasteiger partial charge on any atom is 0.328 e. The van der Waals surface area contributed by atoms with Crippen molar-refractivity contribution in [2.75, 3.05) is 27.9 Å². The van der Waals surface area contributed by atoms with Crippen LogP contribution in [0.5, 0.6) is 11.5 Å². The molecule has 0 aromatic heterocycles. The smallest absolute Gasteiger partial charge is 0.328 e. The third kappa shape index (κ3) is 6.15. The van der Waals surface area contributed by atoms with Crippen LogP contribution in [0.1, 0.15) is 18.4 Å². The number of hydrogen-bond donors (Lipinski definition) is 2. The molecule has 0 saturated carbocycles. The van der Waals surface area contributed by atoms with Crippen molar-refractivity contribution < 1.29 is 28.9 Å². The van der Waals surface area contributed by atoms with Crippen LogP contribution < -0.4 is 14.8 Å². The minimum absolute atomic E-state index is 0.0621. The molecular formula is C16H23NO6. The van der Waals surface area contributed by atoms with Crippen molar-refractivity contribution in [1.29, 1.82) is 0 Å². The second-order valence-electron chi connectivity index (χ2n) is 4.95. The van der Waals surface area contributed by atoms with Gasteiger partial charge < -0.3 is 24.6 Å². The highest BCUT2D eigenvalue weighted by Gasteiger charge is 2.19. The average molecular weight is 325 g/mol. The first-order chi connectivity index (χ1) is 11.0. The molecule has 0 heterocycles. The van der Waals surface area contributed by atoms with Gasteiger partial charge in [-0.25, -0.2) is 4.79 Å². The molecule has 128 valence electrons. The third-order valence-corrected chi connectivity index (χ3v) is 3.31. The Morgan fingerprint density at radius 1 is 1.22 bits per heavy atom. The lowest BCUT2D eigenvalue weighted by molar-refractivity contribution is -0.143. The van der Waals surface area contributed by atoms with Crippen LogP contribution in [0.2, 0.25) is 0 Å². The predicted octanol–water partition coefficient (Wildman–Crippen LogP) is 1.24. The Kier molecular flexibility index (Phi) is 7.90. The van der Waals surface area contributed by atoms with Gasteiger partial charge in [-0.2, -0.15) is 0 Å². The molecule has 1 amide bonds. The molecule has 7 nitrogen and oxygen atoms in total. The fourth-order valence-corrected chi connectivity index (χ4v) is 2.11. The zero-order valence-corrected chi connectivity index (χ0v) is 13.6. The van der Waals surface area contributed by atoms with Crippen LogP contribution >= 0.6 is 0 Å². The molecule has 0 aliphatic carbocycles. The van der Waals surface area contributed by atoms with Crippen LogP contribution in [0.3, 0.4) is 0 Å². The van der Waals surface area contributed by atoms with Crippen LogP contribution in [0.4, 0.5) is 0 Å². The summed E-state index contributed by atoms with van der Waals surface area (Å²) in [6.07, 6.45) is 1.44. The maximum atomic E-state index is 11.8. The molecule has 0 bridgehead atoms. The number of amides is 1. The molecule has 23 heavy (non-hydrogen) atoms. The number of carbonyl (C=O) groups excluding carboxylic acids is 1. The van der Waals surface area contributed by atoms with E-state index in [1.54, 1.807) is 20.3 Å². The number of ether oxygens (including phenoxy) is 3. The number of carbonyl (C=O) groups is 2. The first-order valence-electron chi connectivity index (χ1n) is 7.23. The Balaban J connectivity index is 2.50. The van der Waals surface area contributed by atoms with Crippen LogP contribution in [0.15, 0.2) is 18.2 Å². The first-order valence-corrected chi connectivity index (χ1v) is 7.23. The van der Waals surface area contributed by atoms with Crippen molar-refractivity contribution in [2.24, 2.45) is 0 Å². The Hall–Kier alpha value is -2.28. The van der Waals surface area contributed by atoms with Crippen molar-refractivity contribution in [1.82, 2.24) is 5.32 Å². The summed E-state index contributed by atoms with van der Waals surface area (Å²) in [6.45, 7) is -0.0621. The van der Waals surface area contributed by atoms with E-state index in [-0.39, 0.29) is 18.9 Å². The molecule has 1 aromatic rings. The molecule has 1 atom stereocenters. The maximum absolute atomic E-state index is 11.8. The fourth-order valence-electron chi connectivity index (χ4n) is 2.11. The normalized spacial score (nSPS) is 11.6. The lowest BCUT2D eigenvalue weighted by Gasteiger charge is -2.14. The van der Waals surface area contributed by atoms with Crippen LogP contribution in [0.25, 0.3) is 0 Å². The van der Waals surface area contributed by atoms with E-state index in [2.05, 4.69) is 5.32 Å². The van der Waals surface area contributed by atoms with E-state index in [0.717, 1.165) is 5.56 Å². The lowest BCUT2D eigenvalue weighted by atomic mass is 10.1. The molecule has 0 spiro atoms. The molecule has 1 aromatic carbocycles. The number of carboxylic acids is 1. The highest BCUT2D eigenvalue weighted by molar-refractivity contribution is 5.83. The minimum Gasteiger partial charge on any atom is -0.497 e. The Morgan fingerprint density at radius 3 is 2.52 bits per heavy atom. The molecule has 1 rings (SSSR count). The summed E-state index contributed by atoms with van der Waals surface area (Å²) in [6, 6.07) is 4.48. The van der Waals surface area contributed by atoms with E-state index in [4.69, 9.17) is 19.3 Å². The summed E-state index contributed by atoms with van der Waals surface area (Å²) in [7, 11) is 4.54. The highest BCUT2D eigenvalue weighted by Crippen LogP contribution is 2.25. The van der Waals surface area contributed by atoms with Gasteiger partial charge in [0.25, 0.3) is 0 Å². The molecule has 0 aliphatic heterocycles. The molecular weight excluding hydrogens is 302 g/mol. The van der Waals surface area contributed by atoms with Gasteiger partial charge in [0.1, 0.15) is 11.5 Å². The molecule has 1 unspecified atom stereocenters. The summed E-state index contributed by atoms with van der Waals surface area (Å²) in [5, 5.41) is 11.4. The van der Waals surface area contributed by atoms with E-state index in [0.29, 0.717) is 24.3 Å². The van der Waals surface area contributed by atoms with E-state index in [9.17, 15) is 9.59 Å². The summed E-state index contributed by atoms with van der Waals surface area (Å²) < 4.78 is 15.2. The number of aliphatic carboxylic acids is 1. The number of nitrogens with one attached hydrogen (secondary N) is 1. The SMILES string of the molecule is COCC(NC(=O)CCCc1ccc(OC)cc1OC)C(=O)O. The van der Waals surface area contributed by atoms with Gasteiger partial charge in [-0.15, -0.1) is 0 Å². The number of rotatable bonds is 10. The van der Waals surface area contributed by atoms with Crippen LogP contribution in [-0.4, -0.2) is 51.0 Å². The van der Waals surface area contributed by atoms with Gasteiger partial charge in [-0.3, -0.25) is 4.79 Å². The van der Waals surface area contributed by atoms with Crippen molar-refractivity contribution in [3.05, 3.63) is 23.8 Å². The van der Waals surface area contributed by atoms with Gasteiger partial charge in [0.15, 0.2) is 6.04 Å². The largest absolute Gasteiger partial charge is 0.497 e. The zero-order valence-electron chi connectivity index (χ0n) is 13.6. The number of hydrogen-bond acceptors (Lipinski definition) is 5. The fraction of sp³-hybridized carbons (Fsp3) is 0.500. The van der Waals surface area contributed by atoms with E-state index < -0.39 is 12.0 Å². The van der Waals surface area contributed by atoms with E-state index in [1.165, 1.54) is 7.11 Å².